The van der Waals surface area contributed by atoms with Gasteiger partial charge in [-0.05, 0) is 48.9 Å². The molecule has 0 aliphatic rings. The van der Waals surface area contributed by atoms with Crippen LogP contribution in [-0.4, -0.2) is 39.7 Å². The molecule has 2 aromatic heterocycles. The molecule has 10 heteroatoms. The van der Waals surface area contributed by atoms with E-state index < -0.39 is 10.0 Å². The smallest absolute Gasteiger partial charge is 0.255 e. The number of fused-ring (bicyclic) bond motifs is 1. The number of halogens is 1. The van der Waals surface area contributed by atoms with Gasteiger partial charge in [0.05, 0.1) is 17.5 Å². The van der Waals surface area contributed by atoms with Crippen LogP contribution in [-0.2, 0) is 10.0 Å². The van der Waals surface area contributed by atoms with E-state index in [1.54, 1.807) is 31.2 Å². The van der Waals surface area contributed by atoms with Crippen LogP contribution in [0.1, 0.15) is 15.9 Å². The molecule has 0 radical (unpaired) electrons. The number of nitrogens with zero attached hydrogens (tertiary/aromatic N) is 2. The molecule has 0 bridgehead atoms. The zero-order valence-electron chi connectivity index (χ0n) is 18.9. The predicted octanol–water partition coefficient (Wildman–Crippen LogP) is 4.49. The number of carbonyl (C=O) groups excluding carboxylic acids is 1. The highest BCUT2D eigenvalue weighted by atomic mass is 32.2. The first-order valence-corrected chi connectivity index (χ1v) is 12.1. The van der Waals surface area contributed by atoms with Crippen LogP contribution in [0.3, 0.4) is 0 Å². The average Bonchev–Trinajstić information content (AvgIpc) is 3.17. The lowest BCUT2D eigenvalue weighted by Gasteiger charge is -2.18. The summed E-state index contributed by atoms with van der Waals surface area (Å²) < 4.78 is 50.0. The minimum atomic E-state index is -3.49. The Morgan fingerprint density at radius 3 is 2.44 bits per heavy atom. The lowest BCUT2D eigenvalue weighted by molar-refractivity contribution is 0.0964. The Morgan fingerprint density at radius 2 is 1.85 bits per heavy atom. The molecule has 0 fully saturated rings. The van der Waals surface area contributed by atoms with Crippen molar-refractivity contribution >= 4 is 32.6 Å². The zero-order valence-corrected chi connectivity index (χ0v) is 19.7. The molecule has 0 unspecified atom stereocenters. The molecule has 2 aromatic carbocycles. The maximum absolute atomic E-state index is 13.1. The molecular weight excluding hydrogens is 461 g/mol. The van der Waals surface area contributed by atoms with Crippen LogP contribution >= 0.6 is 0 Å². The normalized spacial score (nSPS) is 11.4. The van der Waals surface area contributed by atoms with Crippen molar-refractivity contribution in [1.82, 2.24) is 10.3 Å². The first kappa shape index (κ1) is 23.2. The maximum Gasteiger partial charge on any atom is 0.255 e. The second-order valence-corrected chi connectivity index (χ2v) is 9.71. The number of aromatic nitrogens is 1. The minimum absolute atomic E-state index is 0.279. The number of nitrogens with one attached hydrogen (secondary N) is 1. The van der Waals surface area contributed by atoms with Crippen LogP contribution in [0.15, 0.2) is 59.1 Å². The number of rotatable bonds is 6. The topological polar surface area (TPSA) is 102 Å². The minimum Gasteiger partial charge on any atom is -0.455 e. The van der Waals surface area contributed by atoms with Gasteiger partial charge in [-0.25, -0.2) is 17.8 Å². The van der Waals surface area contributed by atoms with E-state index in [0.29, 0.717) is 39.1 Å². The predicted molar refractivity (Wildman–Crippen MR) is 127 cm³/mol. The Bertz CT molecular complexity index is 1480. The van der Waals surface area contributed by atoms with Crippen molar-refractivity contribution in [3.8, 4) is 23.0 Å². The molecule has 0 saturated carbocycles. The third-order valence-electron chi connectivity index (χ3n) is 5.33. The van der Waals surface area contributed by atoms with Gasteiger partial charge in [0.25, 0.3) is 5.91 Å². The average molecular weight is 484 g/mol. The molecule has 4 aromatic rings. The number of sulfonamides is 1. The van der Waals surface area contributed by atoms with Crippen molar-refractivity contribution in [2.24, 2.45) is 0 Å². The molecule has 176 valence electrons. The molecule has 34 heavy (non-hydrogen) atoms. The van der Waals surface area contributed by atoms with Gasteiger partial charge in [0, 0.05) is 43.4 Å². The lowest BCUT2D eigenvalue weighted by Crippen LogP contribution is -2.25. The van der Waals surface area contributed by atoms with Crippen molar-refractivity contribution in [1.29, 1.82) is 0 Å². The summed E-state index contributed by atoms with van der Waals surface area (Å²) in [5.41, 5.74) is 2.30. The number of carbonyl (C=O) groups is 1. The van der Waals surface area contributed by atoms with Gasteiger partial charge in [0.1, 0.15) is 22.9 Å². The summed E-state index contributed by atoms with van der Waals surface area (Å²) in [5.74, 6) is 0.261. The molecule has 0 aliphatic heterocycles. The number of furan rings is 1. The van der Waals surface area contributed by atoms with E-state index in [0.717, 1.165) is 10.6 Å². The summed E-state index contributed by atoms with van der Waals surface area (Å²) >= 11 is 0. The molecule has 0 atom stereocenters. The van der Waals surface area contributed by atoms with Crippen molar-refractivity contribution < 1.29 is 26.8 Å². The van der Waals surface area contributed by atoms with Crippen LogP contribution in [0.4, 0.5) is 10.1 Å². The standard InChI is InChI=1S/C24H22FN3O5S/c1-14-11-18-20(12-19(14)28(3)34(4,30)31)33-23(22(18)24(29)26-2)15-5-10-21(27-13-15)32-17-8-6-16(25)7-9-17/h5-13H,1-4H3,(H,26,29). The third kappa shape index (κ3) is 4.44. The van der Waals surface area contributed by atoms with Gasteiger partial charge >= 0.3 is 0 Å². The van der Waals surface area contributed by atoms with Gasteiger partial charge in [-0.2, -0.15) is 0 Å². The number of hydrogen-bond donors (Lipinski definition) is 1. The fourth-order valence-corrected chi connectivity index (χ4v) is 4.06. The van der Waals surface area contributed by atoms with Gasteiger partial charge in [-0.15, -0.1) is 0 Å². The summed E-state index contributed by atoms with van der Waals surface area (Å²) in [6, 6.07) is 12.2. The van der Waals surface area contributed by atoms with E-state index in [4.69, 9.17) is 9.15 Å². The van der Waals surface area contributed by atoms with Crippen molar-refractivity contribution in [3.05, 3.63) is 71.7 Å². The van der Waals surface area contributed by atoms with E-state index in [1.165, 1.54) is 44.6 Å². The summed E-state index contributed by atoms with van der Waals surface area (Å²) in [4.78, 5) is 17.0. The summed E-state index contributed by atoms with van der Waals surface area (Å²) in [5, 5.41) is 3.16. The highest BCUT2D eigenvalue weighted by Crippen LogP contribution is 2.37. The number of hydrogen-bond acceptors (Lipinski definition) is 6. The van der Waals surface area contributed by atoms with E-state index in [9.17, 15) is 17.6 Å². The summed E-state index contributed by atoms with van der Waals surface area (Å²) in [7, 11) is -0.518. The van der Waals surface area contributed by atoms with Crippen LogP contribution in [0.25, 0.3) is 22.3 Å². The molecule has 2 heterocycles. The van der Waals surface area contributed by atoms with Gasteiger partial charge in [0.15, 0.2) is 0 Å². The number of benzene rings is 2. The fraction of sp³-hybridized carbons (Fsp3) is 0.167. The zero-order chi connectivity index (χ0) is 24.6. The second-order valence-electron chi connectivity index (χ2n) is 7.69. The Kier molecular flexibility index (Phi) is 6.01. The number of pyridine rings is 1. The van der Waals surface area contributed by atoms with Crippen molar-refractivity contribution in [2.75, 3.05) is 24.7 Å². The Hall–Kier alpha value is -3.92. The SMILES string of the molecule is CNC(=O)c1c(-c2ccc(Oc3ccc(F)cc3)nc2)oc2cc(N(C)S(C)(=O)=O)c(C)cc12. The van der Waals surface area contributed by atoms with E-state index in [-0.39, 0.29) is 23.4 Å². The first-order valence-electron chi connectivity index (χ1n) is 10.2. The molecule has 1 N–H and O–H groups in total. The van der Waals surface area contributed by atoms with Gasteiger partial charge in [-0.1, -0.05) is 0 Å². The molecule has 0 spiro atoms. The van der Waals surface area contributed by atoms with E-state index in [1.807, 2.05) is 0 Å². The Labute approximate surface area is 196 Å². The summed E-state index contributed by atoms with van der Waals surface area (Å²) in [6.07, 6.45) is 2.61. The van der Waals surface area contributed by atoms with E-state index in [2.05, 4.69) is 10.3 Å². The van der Waals surface area contributed by atoms with Crippen LogP contribution in [0, 0.1) is 12.7 Å². The van der Waals surface area contributed by atoms with E-state index >= 15 is 0 Å². The molecule has 1 amide bonds. The fourth-order valence-electron chi connectivity index (χ4n) is 3.51. The quantitative estimate of drug-likeness (QED) is 0.434. The second kappa shape index (κ2) is 8.79. The molecule has 0 saturated heterocycles. The van der Waals surface area contributed by atoms with Crippen molar-refractivity contribution in [3.63, 3.8) is 0 Å². The maximum atomic E-state index is 13.1. The van der Waals surface area contributed by atoms with Crippen LogP contribution in [0.2, 0.25) is 0 Å². The first-order chi connectivity index (χ1) is 16.1. The number of ether oxygens (including phenoxy) is 1. The molecule has 8 nitrogen and oxygen atoms in total. The Morgan fingerprint density at radius 1 is 1.15 bits per heavy atom. The highest BCUT2D eigenvalue weighted by Gasteiger charge is 2.24. The van der Waals surface area contributed by atoms with Gasteiger partial charge in [0.2, 0.25) is 15.9 Å². The number of amides is 1. The number of anilines is 1. The largest absolute Gasteiger partial charge is 0.455 e. The Balaban J connectivity index is 1.78. The third-order valence-corrected chi connectivity index (χ3v) is 6.52. The van der Waals surface area contributed by atoms with Crippen molar-refractivity contribution in [2.45, 2.75) is 6.92 Å². The molecule has 4 rings (SSSR count). The number of aryl methyl sites for hydroxylation is 1. The molecule has 0 aliphatic carbocycles. The highest BCUT2D eigenvalue weighted by molar-refractivity contribution is 7.92. The lowest BCUT2D eigenvalue weighted by atomic mass is 10.0. The molecular formula is C24H22FN3O5S. The monoisotopic (exact) mass is 483 g/mol. The van der Waals surface area contributed by atoms with Gasteiger partial charge in [-0.3, -0.25) is 9.10 Å². The van der Waals surface area contributed by atoms with Crippen LogP contribution in [0.5, 0.6) is 11.6 Å². The van der Waals surface area contributed by atoms with Gasteiger partial charge < -0.3 is 14.5 Å². The van der Waals surface area contributed by atoms with Crippen LogP contribution < -0.4 is 14.4 Å². The summed E-state index contributed by atoms with van der Waals surface area (Å²) in [6.45, 7) is 1.76.